The Kier molecular flexibility index (Phi) is 6.54. The zero-order chi connectivity index (χ0) is 23.5. The van der Waals surface area contributed by atoms with E-state index in [0.29, 0.717) is 24.6 Å². The highest BCUT2D eigenvalue weighted by molar-refractivity contribution is 6.32. The molecule has 0 spiro atoms. The van der Waals surface area contributed by atoms with E-state index in [4.69, 9.17) is 21.3 Å². The van der Waals surface area contributed by atoms with E-state index in [1.165, 1.54) is 0 Å². The Morgan fingerprint density at radius 3 is 2.71 bits per heavy atom. The number of nitrogens with zero attached hydrogens (tertiary/aromatic N) is 3. The molecule has 4 aromatic rings. The lowest BCUT2D eigenvalue weighted by molar-refractivity contribution is -0.117. The largest absolute Gasteiger partial charge is 0.492 e. The minimum Gasteiger partial charge on any atom is -0.492 e. The standard InChI is InChI=1S/C28H28ClN3O2/c1-20-9-8-10-22(17-20)32-19-21(18-27(32)33)28-30-24-12-3-4-13-25(24)31(28)15-6-7-16-34-26-14-5-2-11-23(26)29/h2-5,8-14,17,21H,6-7,15-16,18-19H2,1H3. The second-order valence-electron chi connectivity index (χ2n) is 8.84. The number of benzene rings is 3. The summed E-state index contributed by atoms with van der Waals surface area (Å²) in [5.74, 6) is 1.94. The van der Waals surface area contributed by atoms with Crippen LogP contribution in [0, 0.1) is 6.92 Å². The minimum atomic E-state index is 0.0692. The summed E-state index contributed by atoms with van der Waals surface area (Å²) in [6, 6.07) is 23.9. The Balaban J connectivity index is 1.30. The van der Waals surface area contributed by atoms with Crippen molar-refractivity contribution < 1.29 is 9.53 Å². The van der Waals surface area contributed by atoms with E-state index >= 15 is 0 Å². The molecule has 0 bridgehead atoms. The Morgan fingerprint density at radius 1 is 1.03 bits per heavy atom. The van der Waals surface area contributed by atoms with Gasteiger partial charge in [0.25, 0.3) is 0 Å². The number of imidazole rings is 1. The number of anilines is 1. The number of carbonyl (C=O) groups is 1. The highest BCUT2D eigenvalue weighted by Gasteiger charge is 2.34. The van der Waals surface area contributed by atoms with Gasteiger partial charge in [-0.1, -0.05) is 48.0 Å². The number of rotatable bonds is 8. The first kappa shape index (κ1) is 22.5. The van der Waals surface area contributed by atoms with Crippen molar-refractivity contribution in [2.75, 3.05) is 18.1 Å². The maximum atomic E-state index is 12.9. The Hall–Kier alpha value is -3.31. The molecular weight excluding hydrogens is 446 g/mol. The summed E-state index contributed by atoms with van der Waals surface area (Å²) < 4.78 is 8.15. The van der Waals surface area contributed by atoms with Gasteiger partial charge in [-0.2, -0.15) is 0 Å². The van der Waals surface area contributed by atoms with E-state index in [-0.39, 0.29) is 11.8 Å². The van der Waals surface area contributed by atoms with Crippen LogP contribution in [0.15, 0.2) is 72.8 Å². The topological polar surface area (TPSA) is 47.4 Å². The molecule has 3 aromatic carbocycles. The van der Waals surface area contributed by atoms with Crippen molar-refractivity contribution in [1.82, 2.24) is 9.55 Å². The molecule has 1 aromatic heterocycles. The lowest BCUT2D eigenvalue weighted by Crippen LogP contribution is -2.24. The molecule has 1 amide bonds. The van der Waals surface area contributed by atoms with Crippen molar-refractivity contribution in [1.29, 1.82) is 0 Å². The van der Waals surface area contributed by atoms with Crippen LogP contribution in [-0.2, 0) is 11.3 Å². The summed E-state index contributed by atoms with van der Waals surface area (Å²) in [7, 11) is 0. The van der Waals surface area contributed by atoms with E-state index in [1.54, 1.807) is 0 Å². The van der Waals surface area contributed by atoms with Crippen LogP contribution in [0.25, 0.3) is 11.0 Å². The van der Waals surface area contributed by atoms with Gasteiger partial charge in [-0.3, -0.25) is 4.79 Å². The number of para-hydroxylation sites is 3. The van der Waals surface area contributed by atoms with E-state index in [0.717, 1.165) is 53.2 Å². The number of ether oxygens (including phenoxy) is 1. The second kappa shape index (κ2) is 9.90. The molecule has 174 valence electrons. The second-order valence-corrected chi connectivity index (χ2v) is 9.25. The fraction of sp³-hybridized carbons (Fsp3) is 0.286. The number of carbonyl (C=O) groups excluding carboxylic acids is 1. The third-order valence-corrected chi connectivity index (χ3v) is 6.67. The number of unbranched alkanes of at least 4 members (excludes halogenated alkanes) is 1. The van der Waals surface area contributed by atoms with Crippen LogP contribution in [0.4, 0.5) is 5.69 Å². The zero-order valence-electron chi connectivity index (χ0n) is 19.3. The number of fused-ring (bicyclic) bond motifs is 1. The van der Waals surface area contributed by atoms with Gasteiger partial charge in [0.2, 0.25) is 5.91 Å². The van der Waals surface area contributed by atoms with E-state index < -0.39 is 0 Å². The average molecular weight is 474 g/mol. The summed E-state index contributed by atoms with van der Waals surface area (Å²) in [5, 5.41) is 0.634. The number of halogens is 1. The van der Waals surface area contributed by atoms with Crippen molar-refractivity contribution in [3.05, 3.63) is 89.2 Å². The SMILES string of the molecule is Cc1cccc(N2CC(c3nc4ccccc4n3CCCCOc3ccccc3Cl)CC2=O)c1. The lowest BCUT2D eigenvalue weighted by Gasteiger charge is -2.18. The molecule has 0 N–H and O–H groups in total. The third-order valence-electron chi connectivity index (χ3n) is 6.36. The number of aromatic nitrogens is 2. The van der Waals surface area contributed by atoms with Gasteiger partial charge in [0.1, 0.15) is 11.6 Å². The van der Waals surface area contributed by atoms with Gasteiger partial charge >= 0.3 is 0 Å². The number of amides is 1. The summed E-state index contributed by atoms with van der Waals surface area (Å²) in [6.07, 6.45) is 2.32. The van der Waals surface area contributed by atoms with Crippen LogP contribution in [-0.4, -0.2) is 28.6 Å². The first-order chi connectivity index (χ1) is 16.6. The lowest BCUT2D eigenvalue weighted by atomic mass is 10.1. The average Bonchev–Trinajstić information content (AvgIpc) is 3.40. The van der Waals surface area contributed by atoms with Gasteiger partial charge in [-0.25, -0.2) is 4.98 Å². The van der Waals surface area contributed by atoms with Crippen molar-refractivity contribution >= 4 is 34.2 Å². The van der Waals surface area contributed by atoms with Crippen LogP contribution in [0.5, 0.6) is 5.75 Å². The van der Waals surface area contributed by atoms with Gasteiger partial charge in [0.15, 0.2) is 0 Å². The molecule has 5 nitrogen and oxygen atoms in total. The molecular formula is C28H28ClN3O2. The van der Waals surface area contributed by atoms with Crippen LogP contribution < -0.4 is 9.64 Å². The first-order valence-corrected chi connectivity index (χ1v) is 12.2. The van der Waals surface area contributed by atoms with Gasteiger partial charge in [-0.15, -0.1) is 0 Å². The van der Waals surface area contributed by atoms with Gasteiger partial charge in [-0.05, 0) is 61.7 Å². The molecule has 1 aliphatic rings. The molecule has 5 rings (SSSR count). The fourth-order valence-electron chi connectivity index (χ4n) is 4.68. The Morgan fingerprint density at radius 2 is 1.85 bits per heavy atom. The minimum absolute atomic E-state index is 0.0692. The zero-order valence-corrected chi connectivity index (χ0v) is 20.0. The molecule has 1 atom stereocenters. The molecule has 0 saturated carbocycles. The summed E-state index contributed by atoms with van der Waals surface area (Å²) in [5.41, 5.74) is 4.21. The fourth-order valence-corrected chi connectivity index (χ4v) is 4.87. The van der Waals surface area contributed by atoms with Crippen molar-refractivity contribution in [3.8, 4) is 5.75 Å². The predicted molar refractivity (Wildman–Crippen MR) is 137 cm³/mol. The first-order valence-electron chi connectivity index (χ1n) is 11.8. The molecule has 1 fully saturated rings. The van der Waals surface area contributed by atoms with E-state index in [2.05, 4.69) is 29.7 Å². The molecule has 6 heteroatoms. The molecule has 0 aliphatic carbocycles. The molecule has 1 aliphatic heterocycles. The third kappa shape index (κ3) is 4.66. The van der Waals surface area contributed by atoms with Crippen molar-refractivity contribution in [3.63, 3.8) is 0 Å². The van der Waals surface area contributed by atoms with Crippen LogP contribution >= 0.6 is 11.6 Å². The monoisotopic (exact) mass is 473 g/mol. The Bertz CT molecular complexity index is 1320. The number of hydrogen-bond acceptors (Lipinski definition) is 3. The van der Waals surface area contributed by atoms with Gasteiger partial charge in [0.05, 0.1) is 22.7 Å². The summed E-state index contributed by atoms with van der Waals surface area (Å²) in [4.78, 5) is 19.8. The highest BCUT2D eigenvalue weighted by Crippen LogP contribution is 2.33. The predicted octanol–water partition coefficient (Wildman–Crippen LogP) is 6.38. The number of aryl methyl sites for hydroxylation is 2. The van der Waals surface area contributed by atoms with Crippen molar-refractivity contribution in [2.45, 2.75) is 38.6 Å². The van der Waals surface area contributed by atoms with E-state index in [1.807, 2.05) is 59.5 Å². The van der Waals surface area contributed by atoms with E-state index in [9.17, 15) is 4.79 Å². The van der Waals surface area contributed by atoms with Gasteiger partial charge < -0.3 is 14.2 Å². The maximum absolute atomic E-state index is 12.9. The van der Waals surface area contributed by atoms with Crippen molar-refractivity contribution in [2.24, 2.45) is 0 Å². The smallest absolute Gasteiger partial charge is 0.227 e. The Labute approximate surface area is 204 Å². The highest BCUT2D eigenvalue weighted by atomic mass is 35.5. The van der Waals surface area contributed by atoms with Crippen LogP contribution in [0.2, 0.25) is 5.02 Å². The molecule has 1 unspecified atom stereocenters. The van der Waals surface area contributed by atoms with Crippen LogP contribution in [0.3, 0.4) is 0 Å². The van der Waals surface area contributed by atoms with Gasteiger partial charge in [0, 0.05) is 31.1 Å². The quantitative estimate of drug-likeness (QED) is 0.279. The molecule has 2 heterocycles. The molecule has 34 heavy (non-hydrogen) atoms. The van der Waals surface area contributed by atoms with Crippen LogP contribution in [0.1, 0.15) is 36.6 Å². The summed E-state index contributed by atoms with van der Waals surface area (Å²) >= 11 is 6.18. The maximum Gasteiger partial charge on any atom is 0.227 e. The molecule has 0 radical (unpaired) electrons. The normalized spacial score (nSPS) is 15.9. The number of hydrogen-bond donors (Lipinski definition) is 0. The summed E-state index contributed by atoms with van der Waals surface area (Å²) in [6.45, 7) is 4.14. The molecule has 1 saturated heterocycles.